The van der Waals surface area contributed by atoms with E-state index in [2.05, 4.69) is 5.10 Å². The molecular weight excluding hydrogens is 358 g/mol. The van der Waals surface area contributed by atoms with E-state index < -0.39 is 4.92 Å². The second kappa shape index (κ2) is 6.80. The van der Waals surface area contributed by atoms with Crippen LogP contribution >= 0.6 is 0 Å². The molecule has 2 aromatic carbocycles. The van der Waals surface area contributed by atoms with Gasteiger partial charge in [0.2, 0.25) is 0 Å². The summed E-state index contributed by atoms with van der Waals surface area (Å²) < 4.78 is 1.82. The molecule has 0 spiro atoms. The number of aryl methyl sites for hydroxylation is 1. The summed E-state index contributed by atoms with van der Waals surface area (Å²) in [6.45, 7) is 2.00. The first-order valence-corrected chi connectivity index (χ1v) is 8.83. The van der Waals surface area contributed by atoms with Crippen LogP contribution in [0.5, 0.6) is 5.75 Å². The number of hydrogen-bond donors (Lipinski definition) is 1. The largest absolute Gasteiger partial charge is 0.508 e. The van der Waals surface area contributed by atoms with Gasteiger partial charge >= 0.3 is 0 Å². The molecule has 3 aromatic rings. The molecule has 8 heteroatoms. The van der Waals surface area contributed by atoms with Crippen LogP contribution in [-0.2, 0) is 7.05 Å². The molecule has 0 radical (unpaired) electrons. The van der Waals surface area contributed by atoms with E-state index >= 15 is 0 Å². The number of phenols is 1. The van der Waals surface area contributed by atoms with E-state index in [4.69, 9.17) is 5.10 Å². The fourth-order valence-corrected chi connectivity index (χ4v) is 3.42. The molecule has 0 saturated heterocycles. The summed E-state index contributed by atoms with van der Waals surface area (Å²) in [5.74, 6) is 0.183. The number of benzene rings is 2. The summed E-state index contributed by atoms with van der Waals surface area (Å²) in [6, 6.07) is 13.3. The number of aromatic nitrogens is 2. The van der Waals surface area contributed by atoms with Crippen molar-refractivity contribution < 1.29 is 10.0 Å². The van der Waals surface area contributed by atoms with Gasteiger partial charge < -0.3 is 5.11 Å². The molecule has 0 saturated carbocycles. The van der Waals surface area contributed by atoms with E-state index in [9.17, 15) is 15.2 Å². The Morgan fingerprint density at radius 1 is 1.21 bits per heavy atom. The van der Waals surface area contributed by atoms with E-state index in [-0.39, 0.29) is 17.5 Å². The van der Waals surface area contributed by atoms with Gasteiger partial charge in [-0.25, -0.2) is 0 Å². The second-order valence-corrected chi connectivity index (χ2v) is 6.74. The molecule has 0 aliphatic carbocycles. The highest BCUT2D eigenvalue weighted by Gasteiger charge is 2.32. The topological polar surface area (TPSA) is 96.8 Å². The maximum atomic E-state index is 11.0. The number of hydrogen-bond acceptors (Lipinski definition) is 6. The number of anilines is 1. The van der Waals surface area contributed by atoms with Crippen LogP contribution in [0.1, 0.15) is 29.3 Å². The first-order chi connectivity index (χ1) is 13.4. The number of nitro groups is 1. The molecule has 8 nitrogen and oxygen atoms in total. The lowest BCUT2D eigenvalue weighted by atomic mass is 9.98. The fourth-order valence-electron chi connectivity index (χ4n) is 3.42. The van der Waals surface area contributed by atoms with Crippen LogP contribution in [-0.4, -0.2) is 25.5 Å². The molecule has 1 atom stereocenters. The Morgan fingerprint density at radius 3 is 2.57 bits per heavy atom. The molecule has 0 amide bonds. The fraction of sp³-hybridized carbons (Fsp3) is 0.200. The van der Waals surface area contributed by atoms with Crippen LogP contribution in [0.4, 0.5) is 11.4 Å². The zero-order valence-corrected chi connectivity index (χ0v) is 15.5. The Labute approximate surface area is 161 Å². The first-order valence-electron chi connectivity index (χ1n) is 8.83. The van der Waals surface area contributed by atoms with Gasteiger partial charge in [0.05, 0.1) is 28.6 Å². The molecule has 142 valence electrons. The van der Waals surface area contributed by atoms with Crippen LogP contribution in [0.2, 0.25) is 0 Å². The Bertz CT molecular complexity index is 1070. The predicted octanol–water partition coefficient (Wildman–Crippen LogP) is 3.70. The Balaban J connectivity index is 1.77. The highest BCUT2D eigenvalue weighted by atomic mass is 16.6. The smallest absolute Gasteiger partial charge is 0.269 e. The third-order valence-electron chi connectivity index (χ3n) is 5.05. The van der Waals surface area contributed by atoms with Crippen LogP contribution in [0.3, 0.4) is 0 Å². The van der Waals surface area contributed by atoms with Gasteiger partial charge in [-0.2, -0.15) is 10.2 Å². The molecular formula is C20H19N5O3. The maximum absolute atomic E-state index is 11.0. The average Bonchev–Trinajstić information content (AvgIpc) is 3.26. The van der Waals surface area contributed by atoms with E-state index in [1.54, 1.807) is 30.3 Å². The van der Waals surface area contributed by atoms with Crippen molar-refractivity contribution in [3.05, 3.63) is 81.7 Å². The van der Waals surface area contributed by atoms with Gasteiger partial charge in [-0.1, -0.05) is 12.1 Å². The van der Waals surface area contributed by atoms with Crippen molar-refractivity contribution in [2.75, 3.05) is 5.01 Å². The van der Waals surface area contributed by atoms with Gasteiger partial charge in [0.1, 0.15) is 5.75 Å². The van der Waals surface area contributed by atoms with Crippen molar-refractivity contribution in [1.29, 1.82) is 0 Å². The Kier molecular flexibility index (Phi) is 4.31. The molecule has 1 aliphatic heterocycles. The average molecular weight is 377 g/mol. The molecule has 28 heavy (non-hydrogen) atoms. The summed E-state index contributed by atoms with van der Waals surface area (Å²) in [5.41, 5.74) is 4.55. The van der Waals surface area contributed by atoms with Gasteiger partial charge in [-0.05, 0) is 31.2 Å². The van der Waals surface area contributed by atoms with E-state index in [1.807, 2.05) is 35.9 Å². The molecule has 0 unspecified atom stereocenters. The van der Waals surface area contributed by atoms with Crippen molar-refractivity contribution in [3.63, 3.8) is 0 Å². The van der Waals surface area contributed by atoms with Crippen molar-refractivity contribution in [3.8, 4) is 5.75 Å². The lowest BCUT2D eigenvalue weighted by Gasteiger charge is -2.23. The van der Waals surface area contributed by atoms with Crippen LogP contribution in [0.15, 0.2) is 59.8 Å². The number of aromatic hydroxyl groups is 1. The van der Waals surface area contributed by atoms with E-state index in [1.165, 1.54) is 12.1 Å². The Morgan fingerprint density at radius 2 is 1.96 bits per heavy atom. The minimum atomic E-state index is -0.419. The summed E-state index contributed by atoms with van der Waals surface area (Å²) in [4.78, 5) is 10.5. The minimum Gasteiger partial charge on any atom is -0.508 e. The molecule has 1 N–H and O–H groups in total. The lowest BCUT2D eigenvalue weighted by molar-refractivity contribution is -0.384. The molecule has 0 fully saturated rings. The monoisotopic (exact) mass is 377 g/mol. The van der Waals surface area contributed by atoms with Crippen molar-refractivity contribution in [2.24, 2.45) is 12.1 Å². The van der Waals surface area contributed by atoms with Gasteiger partial charge in [0.25, 0.3) is 5.69 Å². The zero-order chi connectivity index (χ0) is 19.8. The normalized spacial score (nSPS) is 16.3. The van der Waals surface area contributed by atoms with E-state index in [0.29, 0.717) is 6.42 Å². The summed E-state index contributed by atoms with van der Waals surface area (Å²) in [5, 5.41) is 31.8. The second-order valence-electron chi connectivity index (χ2n) is 6.74. The van der Waals surface area contributed by atoms with Crippen LogP contribution in [0.25, 0.3) is 0 Å². The van der Waals surface area contributed by atoms with Crippen molar-refractivity contribution in [2.45, 2.75) is 19.4 Å². The van der Waals surface area contributed by atoms with Crippen LogP contribution < -0.4 is 5.01 Å². The number of nitro benzene ring substituents is 1. The minimum absolute atomic E-state index is 0.0363. The number of rotatable bonds is 4. The third-order valence-corrected chi connectivity index (χ3v) is 5.05. The van der Waals surface area contributed by atoms with Gasteiger partial charge in [0.15, 0.2) is 0 Å². The molecule has 2 heterocycles. The van der Waals surface area contributed by atoms with Gasteiger partial charge in [-0.15, -0.1) is 0 Å². The summed E-state index contributed by atoms with van der Waals surface area (Å²) >= 11 is 0. The van der Waals surface area contributed by atoms with Gasteiger partial charge in [-0.3, -0.25) is 19.8 Å². The van der Waals surface area contributed by atoms with Crippen molar-refractivity contribution >= 4 is 17.1 Å². The zero-order valence-electron chi connectivity index (χ0n) is 15.5. The molecule has 1 aliphatic rings. The lowest BCUT2D eigenvalue weighted by Crippen LogP contribution is -2.19. The number of phenolic OH excluding ortho intramolecular Hbond substituents is 1. The third kappa shape index (κ3) is 3.09. The Hall–Kier alpha value is -3.68. The van der Waals surface area contributed by atoms with Gasteiger partial charge in [0, 0.05) is 42.4 Å². The highest BCUT2D eigenvalue weighted by molar-refractivity contribution is 6.03. The molecule has 4 rings (SSSR count). The quantitative estimate of drug-likeness (QED) is 0.552. The SMILES string of the molecule is Cc1c([C@@H]2CC(c3cccc(O)c3)=NN2c2ccc([N+](=O)[O-])cc2)cnn1C. The highest BCUT2D eigenvalue weighted by Crippen LogP contribution is 2.38. The number of non-ortho nitro benzene ring substituents is 1. The number of hydrazone groups is 1. The molecule has 1 aromatic heterocycles. The maximum Gasteiger partial charge on any atom is 0.269 e. The van der Waals surface area contributed by atoms with Crippen molar-refractivity contribution in [1.82, 2.24) is 9.78 Å². The van der Waals surface area contributed by atoms with E-state index in [0.717, 1.165) is 28.2 Å². The summed E-state index contributed by atoms with van der Waals surface area (Å²) in [6.07, 6.45) is 2.46. The first kappa shape index (κ1) is 17.7. The predicted molar refractivity (Wildman–Crippen MR) is 106 cm³/mol. The standard InChI is InChI=1S/C20H19N5O3/c1-13-18(12-21-23(13)2)20-11-19(14-4-3-5-17(26)10-14)22-24(20)15-6-8-16(9-7-15)25(27)28/h3-10,12,20,26H,11H2,1-2H3/t20-/m0/s1. The summed E-state index contributed by atoms with van der Waals surface area (Å²) in [7, 11) is 1.89. The molecule has 0 bridgehead atoms. The van der Waals surface area contributed by atoms with Crippen LogP contribution in [0, 0.1) is 17.0 Å². The number of nitrogens with zero attached hydrogens (tertiary/aromatic N) is 5.